The standard InChI is InChI=1S/C22H26FN5O2/c23-17-7-4-8-18-20(17)27-21(28-11-9-25-10-12-28)19(26-18)16(13-24)22(29)30-14-15-5-2-1-3-6-15/h4,7-8,15,25-26H,1-3,5-6,9-12,14H2. The van der Waals surface area contributed by atoms with Gasteiger partial charge in [0.25, 0.3) is 0 Å². The molecule has 7 nitrogen and oxygen atoms in total. The molecule has 0 amide bonds. The summed E-state index contributed by atoms with van der Waals surface area (Å²) in [6.07, 6.45) is 5.62. The number of fused-ring (bicyclic) bond motifs is 1. The van der Waals surface area contributed by atoms with E-state index in [1.54, 1.807) is 12.1 Å². The highest BCUT2D eigenvalue weighted by molar-refractivity contribution is 6.12. The first-order chi connectivity index (χ1) is 14.7. The molecule has 0 aromatic heterocycles. The van der Waals surface area contributed by atoms with Crippen molar-refractivity contribution in [1.82, 2.24) is 10.2 Å². The molecule has 2 fully saturated rings. The van der Waals surface area contributed by atoms with Gasteiger partial charge in [-0.05, 0) is 30.9 Å². The number of aliphatic imine (C=N–C) groups is 1. The number of piperazine rings is 1. The van der Waals surface area contributed by atoms with Crippen LogP contribution in [0.25, 0.3) is 0 Å². The first-order valence-electron chi connectivity index (χ1n) is 10.6. The molecular weight excluding hydrogens is 385 g/mol. The van der Waals surface area contributed by atoms with Gasteiger partial charge in [-0.15, -0.1) is 0 Å². The molecule has 0 spiro atoms. The number of nitrogens with one attached hydrogen (secondary N) is 2. The molecule has 2 aliphatic heterocycles. The molecule has 0 radical (unpaired) electrons. The molecule has 1 saturated carbocycles. The largest absolute Gasteiger partial charge is 0.461 e. The number of esters is 1. The van der Waals surface area contributed by atoms with Crippen molar-refractivity contribution in [3.05, 3.63) is 35.3 Å². The van der Waals surface area contributed by atoms with Crippen LogP contribution in [0.5, 0.6) is 0 Å². The zero-order chi connectivity index (χ0) is 20.9. The number of carbonyl (C=O) groups is 1. The van der Waals surface area contributed by atoms with E-state index in [1.807, 2.05) is 11.0 Å². The number of halogens is 1. The van der Waals surface area contributed by atoms with E-state index in [1.165, 1.54) is 12.5 Å². The van der Waals surface area contributed by atoms with Crippen LogP contribution in [0.1, 0.15) is 32.1 Å². The third-order valence-electron chi connectivity index (χ3n) is 5.85. The molecule has 2 N–H and O–H groups in total. The fraction of sp³-hybridized carbons (Fsp3) is 0.500. The van der Waals surface area contributed by atoms with Gasteiger partial charge in [-0.3, -0.25) is 0 Å². The van der Waals surface area contributed by atoms with Crippen molar-refractivity contribution in [2.45, 2.75) is 32.1 Å². The summed E-state index contributed by atoms with van der Waals surface area (Å²) in [6.45, 7) is 3.09. The van der Waals surface area contributed by atoms with Crippen molar-refractivity contribution in [3.63, 3.8) is 0 Å². The van der Waals surface area contributed by atoms with Crippen molar-refractivity contribution in [3.8, 4) is 6.07 Å². The number of para-hydroxylation sites is 1. The van der Waals surface area contributed by atoms with Gasteiger partial charge in [0.05, 0.1) is 12.3 Å². The molecule has 0 unspecified atom stereocenters. The quantitative estimate of drug-likeness (QED) is 0.451. The Bertz CT molecular complexity index is 909. The van der Waals surface area contributed by atoms with Crippen LogP contribution < -0.4 is 10.6 Å². The van der Waals surface area contributed by atoms with Crippen LogP contribution in [0.15, 0.2) is 34.5 Å². The average molecular weight is 411 g/mol. The Hall–Kier alpha value is -2.92. The molecule has 30 heavy (non-hydrogen) atoms. The normalized spacial score (nSPS) is 21.1. The number of nitrogens with zero attached hydrogens (tertiary/aromatic N) is 3. The lowest BCUT2D eigenvalue weighted by Crippen LogP contribution is -2.48. The fourth-order valence-electron chi connectivity index (χ4n) is 4.19. The number of amidine groups is 1. The van der Waals surface area contributed by atoms with Gasteiger partial charge in [0.1, 0.15) is 17.5 Å². The third kappa shape index (κ3) is 4.31. The first kappa shape index (κ1) is 20.4. The number of hydrogen-bond donors (Lipinski definition) is 2. The number of carbonyl (C=O) groups excluding carboxylic acids is 1. The lowest BCUT2D eigenvalue weighted by molar-refractivity contribution is -0.140. The maximum Gasteiger partial charge on any atom is 0.351 e. The number of anilines is 1. The number of ether oxygens (including phenoxy) is 1. The molecule has 8 heteroatoms. The van der Waals surface area contributed by atoms with Crippen molar-refractivity contribution in [1.29, 1.82) is 5.26 Å². The summed E-state index contributed by atoms with van der Waals surface area (Å²) in [6, 6.07) is 6.59. The minimum atomic E-state index is -0.659. The van der Waals surface area contributed by atoms with E-state index >= 15 is 0 Å². The summed E-state index contributed by atoms with van der Waals surface area (Å²) in [5.74, 6) is -0.360. The van der Waals surface area contributed by atoms with Gasteiger partial charge >= 0.3 is 5.97 Å². The summed E-state index contributed by atoms with van der Waals surface area (Å²) in [7, 11) is 0. The van der Waals surface area contributed by atoms with Crippen LogP contribution in [-0.4, -0.2) is 49.5 Å². The van der Waals surface area contributed by atoms with E-state index in [0.717, 1.165) is 38.8 Å². The first-order valence-corrected chi connectivity index (χ1v) is 10.6. The summed E-state index contributed by atoms with van der Waals surface area (Å²) in [5, 5.41) is 16.1. The molecule has 1 aromatic rings. The molecule has 4 rings (SSSR count). The highest BCUT2D eigenvalue weighted by Gasteiger charge is 2.30. The van der Waals surface area contributed by atoms with E-state index in [-0.39, 0.29) is 17.0 Å². The number of benzene rings is 1. The topological polar surface area (TPSA) is 89.8 Å². The summed E-state index contributed by atoms with van der Waals surface area (Å²) in [5.41, 5.74) is 0.767. The molecule has 0 atom stereocenters. The number of hydrogen-bond acceptors (Lipinski definition) is 7. The molecule has 1 aromatic carbocycles. The second-order valence-electron chi connectivity index (χ2n) is 7.90. The smallest absolute Gasteiger partial charge is 0.351 e. The van der Waals surface area contributed by atoms with E-state index in [9.17, 15) is 14.4 Å². The van der Waals surface area contributed by atoms with Crippen molar-refractivity contribution >= 4 is 23.2 Å². The Morgan fingerprint density at radius 2 is 2.03 bits per heavy atom. The van der Waals surface area contributed by atoms with Gasteiger partial charge in [-0.1, -0.05) is 25.3 Å². The van der Waals surface area contributed by atoms with Crippen LogP contribution in [0, 0.1) is 23.1 Å². The molecule has 0 bridgehead atoms. The Labute approximate surface area is 175 Å². The van der Waals surface area contributed by atoms with Crippen molar-refractivity contribution in [2.24, 2.45) is 10.9 Å². The highest BCUT2D eigenvalue weighted by atomic mass is 19.1. The van der Waals surface area contributed by atoms with Crippen molar-refractivity contribution in [2.75, 3.05) is 38.1 Å². The van der Waals surface area contributed by atoms with Gasteiger partial charge < -0.3 is 20.3 Å². The zero-order valence-electron chi connectivity index (χ0n) is 16.9. The SMILES string of the molecule is N#CC(C(=O)OCC1CCCCC1)=C1Nc2cccc(F)c2N=C1N1CCNCC1. The number of nitriles is 1. The Morgan fingerprint density at radius 3 is 2.77 bits per heavy atom. The molecule has 1 aliphatic carbocycles. The lowest BCUT2D eigenvalue weighted by Gasteiger charge is -2.34. The summed E-state index contributed by atoms with van der Waals surface area (Å²) in [4.78, 5) is 19.3. The van der Waals surface area contributed by atoms with E-state index < -0.39 is 11.8 Å². The maximum atomic E-state index is 14.4. The van der Waals surface area contributed by atoms with Gasteiger partial charge in [-0.25, -0.2) is 14.2 Å². The fourth-order valence-corrected chi connectivity index (χ4v) is 4.19. The van der Waals surface area contributed by atoms with Gasteiger partial charge in [0.2, 0.25) is 0 Å². The predicted octanol–water partition coefficient (Wildman–Crippen LogP) is 3.09. The van der Waals surface area contributed by atoms with Crippen LogP contribution >= 0.6 is 0 Å². The second kappa shape index (κ2) is 9.26. The zero-order valence-corrected chi connectivity index (χ0v) is 16.9. The molecular formula is C22H26FN5O2. The molecule has 1 saturated heterocycles. The summed E-state index contributed by atoms with van der Waals surface area (Å²) < 4.78 is 19.9. The second-order valence-corrected chi connectivity index (χ2v) is 7.90. The van der Waals surface area contributed by atoms with Crippen LogP contribution in [0.3, 0.4) is 0 Å². The highest BCUT2D eigenvalue weighted by Crippen LogP contribution is 2.35. The summed E-state index contributed by atoms with van der Waals surface area (Å²) >= 11 is 0. The number of rotatable bonds is 3. The van der Waals surface area contributed by atoms with Crippen LogP contribution in [0.4, 0.5) is 15.8 Å². The molecule has 2 heterocycles. The lowest BCUT2D eigenvalue weighted by atomic mass is 9.90. The minimum absolute atomic E-state index is 0.127. The molecule has 3 aliphatic rings. The Morgan fingerprint density at radius 1 is 1.27 bits per heavy atom. The van der Waals surface area contributed by atoms with Gasteiger partial charge in [0, 0.05) is 26.2 Å². The molecule has 158 valence electrons. The van der Waals surface area contributed by atoms with E-state index in [2.05, 4.69) is 15.6 Å². The van der Waals surface area contributed by atoms with Gasteiger partial charge in [-0.2, -0.15) is 5.26 Å². The third-order valence-corrected chi connectivity index (χ3v) is 5.85. The predicted molar refractivity (Wildman–Crippen MR) is 112 cm³/mol. The van der Waals surface area contributed by atoms with Crippen molar-refractivity contribution < 1.29 is 13.9 Å². The van der Waals surface area contributed by atoms with E-state index in [4.69, 9.17) is 4.74 Å². The Balaban J connectivity index is 1.64. The Kier molecular flexibility index (Phi) is 6.29. The minimum Gasteiger partial charge on any atom is -0.461 e. The van der Waals surface area contributed by atoms with Crippen LogP contribution in [-0.2, 0) is 9.53 Å². The average Bonchev–Trinajstić information content (AvgIpc) is 2.79. The van der Waals surface area contributed by atoms with Crippen LogP contribution in [0.2, 0.25) is 0 Å². The van der Waals surface area contributed by atoms with Gasteiger partial charge in [0.15, 0.2) is 17.2 Å². The maximum absolute atomic E-state index is 14.4. The van der Waals surface area contributed by atoms with E-state index in [0.29, 0.717) is 37.1 Å². The monoisotopic (exact) mass is 411 g/mol.